The molecule has 0 aromatic carbocycles. The molecule has 0 radical (unpaired) electrons. The Morgan fingerprint density at radius 3 is 2.79 bits per heavy atom. The van der Waals surface area contributed by atoms with Crippen LogP contribution in [0.5, 0.6) is 0 Å². The lowest BCUT2D eigenvalue weighted by molar-refractivity contribution is 0.292. The summed E-state index contributed by atoms with van der Waals surface area (Å²) in [5.41, 5.74) is 2.42. The van der Waals surface area contributed by atoms with Gasteiger partial charge in [0.1, 0.15) is 5.65 Å². The zero-order chi connectivity index (χ0) is 13.7. The van der Waals surface area contributed by atoms with Crippen molar-refractivity contribution < 1.29 is 0 Å². The minimum Gasteiger partial charge on any atom is -0.331 e. The summed E-state index contributed by atoms with van der Waals surface area (Å²) in [6.07, 6.45) is 4.11. The Morgan fingerprint density at radius 2 is 2.11 bits per heavy atom. The molecule has 0 saturated heterocycles. The van der Waals surface area contributed by atoms with E-state index >= 15 is 0 Å². The van der Waals surface area contributed by atoms with Crippen molar-refractivity contribution in [1.82, 2.24) is 19.8 Å². The Hall–Kier alpha value is -1.39. The van der Waals surface area contributed by atoms with Gasteiger partial charge in [0.15, 0.2) is 0 Å². The summed E-state index contributed by atoms with van der Waals surface area (Å²) >= 11 is 0. The summed E-state index contributed by atoms with van der Waals surface area (Å²) in [5, 5.41) is 4.49. The molecule has 0 atom stereocenters. The van der Waals surface area contributed by atoms with Crippen LogP contribution in [-0.2, 0) is 13.1 Å². The van der Waals surface area contributed by atoms with Crippen LogP contribution in [0.2, 0.25) is 0 Å². The molecule has 2 heterocycles. The Kier molecular flexibility index (Phi) is 4.93. The molecule has 2 aromatic rings. The maximum absolute atomic E-state index is 4.53. The lowest BCUT2D eigenvalue weighted by atomic mass is 10.2. The zero-order valence-electron chi connectivity index (χ0n) is 12.2. The van der Waals surface area contributed by atoms with Gasteiger partial charge in [0.2, 0.25) is 0 Å². The molecule has 0 aliphatic rings. The average Bonchev–Trinajstić information content (AvgIpc) is 2.79. The zero-order valence-corrected chi connectivity index (χ0v) is 12.2. The molecule has 0 amide bonds. The second-order valence-electron chi connectivity index (χ2n) is 4.78. The third-order valence-corrected chi connectivity index (χ3v) is 3.64. The number of pyridine rings is 1. The largest absolute Gasteiger partial charge is 0.331 e. The standard InChI is InChI=1S/C15H24N4/c1-4-18(5-2)9-10-19-12-13(11-16-3)14-7-6-8-17-15(14)19/h6-8,12,16H,4-5,9-11H2,1-3H3. The number of rotatable bonds is 7. The van der Waals surface area contributed by atoms with Gasteiger partial charge in [-0.3, -0.25) is 0 Å². The van der Waals surface area contributed by atoms with E-state index in [1.807, 2.05) is 19.3 Å². The molecule has 4 nitrogen and oxygen atoms in total. The van der Waals surface area contributed by atoms with Gasteiger partial charge >= 0.3 is 0 Å². The fourth-order valence-electron chi connectivity index (χ4n) is 2.49. The SMILES string of the molecule is CCN(CC)CCn1cc(CNC)c2cccnc21. The monoisotopic (exact) mass is 260 g/mol. The highest BCUT2D eigenvalue weighted by Gasteiger charge is 2.09. The van der Waals surface area contributed by atoms with Crippen LogP contribution in [0.1, 0.15) is 19.4 Å². The van der Waals surface area contributed by atoms with Gasteiger partial charge in [-0.25, -0.2) is 4.98 Å². The first kappa shape index (κ1) is 14.0. The number of aromatic nitrogens is 2. The number of likely N-dealkylation sites (N-methyl/N-ethyl adjacent to an activating group) is 1. The lowest BCUT2D eigenvalue weighted by Gasteiger charge is -2.18. The smallest absolute Gasteiger partial charge is 0.140 e. The normalized spacial score (nSPS) is 11.6. The fraction of sp³-hybridized carbons (Fsp3) is 0.533. The van der Waals surface area contributed by atoms with Gasteiger partial charge in [-0.2, -0.15) is 0 Å². The molecule has 0 bridgehead atoms. The number of hydrogen-bond acceptors (Lipinski definition) is 3. The first-order valence-electron chi connectivity index (χ1n) is 7.09. The van der Waals surface area contributed by atoms with Crippen LogP contribution in [0.3, 0.4) is 0 Å². The maximum Gasteiger partial charge on any atom is 0.140 e. The molecule has 104 valence electrons. The number of hydrogen-bond donors (Lipinski definition) is 1. The molecule has 4 heteroatoms. The van der Waals surface area contributed by atoms with Crippen molar-refractivity contribution in [3.05, 3.63) is 30.1 Å². The second-order valence-corrected chi connectivity index (χ2v) is 4.78. The van der Waals surface area contributed by atoms with Crippen molar-refractivity contribution in [3.8, 4) is 0 Å². The molecule has 0 unspecified atom stereocenters. The maximum atomic E-state index is 4.53. The van der Waals surface area contributed by atoms with E-state index in [-0.39, 0.29) is 0 Å². The van der Waals surface area contributed by atoms with Crippen LogP contribution < -0.4 is 5.32 Å². The van der Waals surface area contributed by atoms with Crippen molar-refractivity contribution in [1.29, 1.82) is 0 Å². The van der Waals surface area contributed by atoms with Crippen molar-refractivity contribution in [2.24, 2.45) is 0 Å². The summed E-state index contributed by atoms with van der Waals surface area (Å²) in [6.45, 7) is 9.59. The van der Waals surface area contributed by atoms with Crippen molar-refractivity contribution in [2.45, 2.75) is 26.9 Å². The van der Waals surface area contributed by atoms with Crippen LogP contribution in [0, 0.1) is 0 Å². The van der Waals surface area contributed by atoms with Crippen molar-refractivity contribution in [2.75, 3.05) is 26.7 Å². The Morgan fingerprint density at radius 1 is 1.32 bits per heavy atom. The average molecular weight is 260 g/mol. The number of nitrogens with zero attached hydrogens (tertiary/aromatic N) is 3. The summed E-state index contributed by atoms with van der Waals surface area (Å²) in [4.78, 5) is 6.97. The minimum absolute atomic E-state index is 0.889. The second kappa shape index (κ2) is 6.68. The highest BCUT2D eigenvalue weighted by atomic mass is 15.1. The van der Waals surface area contributed by atoms with E-state index in [4.69, 9.17) is 0 Å². The molecule has 0 aliphatic heterocycles. The minimum atomic E-state index is 0.889. The van der Waals surface area contributed by atoms with E-state index in [0.29, 0.717) is 0 Å². The van der Waals surface area contributed by atoms with Gasteiger partial charge < -0.3 is 14.8 Å². The summed E-state index contributed by atoms with van der Waals surface area (Å²) in [6, 6.07) is 4.17. The Balaban J connectivity index is 2.22. The van der Waals surface area contributed by atoms with Crippen molar-refractivity contribution >= 4 is 11.0 Å². The predicted octanol–water partition coefficient (Wildman–Crippen LogP) is 2.10. The van der Waals surface area contributed by atoms with Gasteiger partial charge in [-0.1, -0.05) is 13.8 Å². The van der Waals surface area contributed by atoms with E-state index in [1.54, 1.807) is 0 Å². The van der Waals surface area contributed by atoms with Gasteiger partial charge in [0, 0.05) is 37.4 Å². The van der Waals surface area contributed by atoms with E-state index in [2.05, 4.69) is 45.9 Å². The Bertz CT molecular complexity index is 514. The third-order valence-electron chi connectivity index (χ3n) is 3.64. The molecule has 2 rings (SSSR count). The van der Waals surface area contributed by atoms with Crippen LogP contribution in [0.25, 0.3) is 11.0 Å². The van der Waals surface area contributed by atoms with Gasteiger partial charge in [0.05, 0.1) is 0 Å². The van der Waals surface area contributed by atoms with Gasteiger partial charge in [0.25, 0.3) is 0 Å². The molecule has 0 aliphatic carbocycles. The number of fused-ring (bicyclic) bond motifs is 1. The van der Waals surface area contributed by atoms with E-state index in [9.17, 15) is 0 Å². The third kappa shape index (κ3) is 3.14. The molecule has 1 N–H and O–H groups in total. The van der Waals surface area contributed by atoms with Crippen LogP contribution >= 0.6 is 0 Å². The molecule has 2 aromatic heterocycles. The molecule has 19 heavy (non-hydrogen) atoms. The lowest BCUT2D eigenvalue weighted by Crippen LogP contribution is -2.26. The van der Waals surface area contributed by atoms with Crippen LogP contribution in [0.4, 0.5) is 0 Å². The first-order chi connectivity index (χ1) is 9.30. The van der Waals surface area contributed by atoms with E-state index in [0.717, 1.165) is 38.4 Å². The molecular weight excluding hydrogens is 236 g/mol. The van der Waals surface area contributed by atoms with E-state index < -0.39 is 0 Å². The highest BCUT2D eigenvalue weighted by molar-refractivity contribution is 5.80. The van der Waals surface area contributed by atoms with Crippen LogP contribution in [-0.4, -0.2) is 41.1 Å². The number of nitrogens with one attached hydrogen (secondary N) is 1. The summed E-state index contributed by atoms with van der Waals surface area (Å²) in [7, 11) is 1.98. The molecule has 0 fully saturated rings. The quantitative estimate of drug-likeness (QED) is 0.827. The molecule has 0 saturated carbocycles. The predicted molar refractivity (Wildman–Crippen MR) is 80.3 cm³/mol. The highest BCUT2D eigenvalue weighted by Crippen LogP contribution is 2.19. The van der Waals surface area contributed by atoms with Gasteiger partial charge in [-0.05, 0) is 37.8 Å². The Labute approximate surface area is 115 Å². The molecular formula is C15H24N4. The van der Waals surface area contributed by atoms with Crippen molar-refractivity contribution in [3.63, 3.8) is 0 Å². The fourth-order valence-corrected chi connectivity index (χ4v) is 2.49. The summed E-state index contributed by atoms with van der Waals surface area (Å²) < 4.78 is 2.28. The molecule has 0 spiro atoms. The van der Waals surface area contributed by atoms with Crippen LogP contribution in [0.15, 0.2) is 24.5 Å². The summed E-state index contributed by atoms with van der Waals surface area (Å²) in [5.74, 6) is 0. The van der Waals surface area contributed by atoms with Gasteiger partial charge in [-0.15, -0.1) is 0 Å². The first-order valence-corrected chi connectivity index (χ1v) is 7.09. The topological polar surface area (TPSA) is 33.1 Å². The van der Waals surface area contributed by atoms with E-state index in [1.165, 1.54) is 10.9 Å².